The maximum atomic E-state index is 13.7. The van der Waals surface area contributed by atoms with E-state index in [1.807, 2.05) is 12.1 Å². The first-order chi connectivity index (χ1) is 16.9. The van der Waals surface area contributed by atoms with Crippen molar-refractivity contribution in [3.63, 3.8) is 0 Å². The summed E-state index contributed by atoms with van der Waals surface area (Å²) in [6.45, 7) is 3.56. The number of ether oxygens (including phenoxy) is 1. The van der Waals surface area contributed by atoms with Crippen molar-refractivity contribution < 1.29 is 33.2 Å². The fraction of sp³-hybridized carbons (Fsp3) is 0.708. The van der Waals surface area contributed by atoms with Crippen LogP contribution in [0.1, 0.15) is 58.8 Å². The number of piperidine rings is 1. The number of carbonyl (C=O) groups excluding carboxylic acids is 2. The molecule has 2 amide bonds. The molecule has 0 aromatic carbocycles. The Labute approximate surface area is 210 Å². The summed E-state index contributed by atoms with van der Waals surface area (Å²) in [7, 11) is -1.74. The smallest absolute Gasteiger partial charge is 0.444 e. The molecule has 0 spiro atoms. The number of likely N-dealkylation sites (tertiary alicyclic amines) is 2. The van der Waals surface area contributed by atoms with Crippen molar-refractivity contribution in [1.29, 1.82) is 5.26 Å². The van der Waals surface area contributed by atoms with E-state index < -0.39 is 49.2 Å². The Morgan fingerprint density at radius 1 is 1.39 bits per heavy atom. The summed E-state index contributed by atoms with van der Waals surface area (Å²) in [5.41, 5.74) is -0.00550. The lowest BCUT2D eigenvalue weighted by Crippen LogP contribution is -2.50. The molecule has 0 bridgehead atoms. The zero-order valence-corrected chi connectivity index (χ0v) is 20.9. The molecule has 36 heavy (non-hydrogen) atoms. The Morgan fingerprint density at radius 2 is 2.14 bits per heavy atom. The quantitative estimate of drug-likeness (QED) is 0.199. The number of nitrogens with zero attached hydrogens (tertiary/aromatic N) is 3. The van der Waals surface area contributed by atoms with E-state index in [1.54, 1.807) is 18.7 Å². The first-order valence-corrected chi connectivity index (χ1v) is 12.5. The highest BCUT2D eigenvalue weighted by Gasteiger charge is 2.43. The standard InChI is InChI=1S/C24H35BF2N4O5/c1-23(2,31-11-9-24(26,27)16-31)13-18(14-28)21(32)30-10-5-8-19(15-30)36-22(33)29-20(25(34)35)12-17-6-3-4-7-17/h6,13,19-20,34-35H,3-5,7-12,15-16H2,1-2H3,(H,29,33)/t19-,20-/m0/s1. The van der Waals surface area contributed by atoms with Crippen LogP contribution in [0.2, 0.25) is 0 Å². The highest BCUT2D eigenvalue weighted by molar-refractivity contribution is 6.43. The molecule has 2 aliphatic heterocycles. The molecule has 0 aromatic heterocycles. The second kappa shape index (κ2) is 11.7. The Balaban J connectivity index is 1.58. The molecule has 2 fully saturated rings. The van der Waals surface area contributed by atoms with Gasteiger partial charge in [0.1, 0.15) is 17.7 Å². The van der Waals surface area contributed by atoms with Crippen molar-refractivity contribution >= 4 is 19.1 Å². The number of nitriles is 1. The van der Waals surface area contributed by atoms with Crippen LogP contribution in [0, 0.1) is 11.3 Å². The first kappa shape index (κ1) is 28.1. The van der Waals surface area contributed by atoms with E-state index in [0.717, 1.165) is 24.8 Å². The largest absolute Gasteiger partial charge is 0.475 e. The van der Waals surface area contributed by atoms with E-state index in [2.05, 4.69) is 5.32 Å². The van der Waals surface area contributed by atoms with Crippen LogP contribution in [0.4, 0.5) is 13.6 Å². The lowest BCUT2D eigenvalue weighted by Gasteiger charge is -2.35. The molecule has 9 nitrogen and oxygen atoms in total. The van der Waals surface area contributed by atoms with Crippen molar-refractivity contribution in [3.05, 3.63) is 23.3 Å². The van der Waals surface area contributed by atoms with Gasteiger partial charge in [0.25, 0.3) is 11.8 Å². The van der Waals surface area contributed by atoms with Gasteiger partial charge in [0.05, 0.1) is 19.0 Å². The number of carbonyl (C=O) groups is 2. The molecular weight excluding hydrogens is 473 g/mol. The van der Waals surface area contributed by atoms with Gasteiger partial charge in [0, 0.05) is 25.0 Å². The third-order valence-corrected chi connectivity index (χ3v) is 7.05. The lowest BCUT2D eigenvalue weighted by atomic mass is 9.76. The average Bonchev–Trinajstić information content (AvgIpc) is 3.46. The van der Waals surface area contributed by atoms with Crippen LogP contribution < -0.4 is 5.32 Å². The summed E-state index contributed by atoms with van der Waals surface area (Å²) in [4.78, 5) is 28.5. The van der Waals surface area contributed by atoms with E-state index in [9.17, 15) is 33.7 Å². The minimum absolute atomic E-state index is 0.0744. The predicted molar refractivity (Wildman–Crippen MR) is 129 cm³/mol. The zero-order valence-electron chi connectivity index (χ0n) is 20.9. The number of alkyl halides is 2. The van der Waals surface area contributed by atoms with Crippen molar-refractivity contribution in [3.8, 4) is 6.07 Å². The molecule has 3 aliphatic rings. The molecule has 198 valence electrons. The molecule has 2 atom stereocenters. The molecule has 0 saturated carbocycles. The number of nitrogens with one attached hydrogen (secondary N) is 1. The first-order valence-electron chi connectivity index (χ1n) is 12.5. The van der Waals surface area contributed by atoms with Crippen LogP contribution in [-0.2, 0) is 9.53 Å². The molecule has 0 radical (unpaired) electrons. The molecule has 2 heterocycles. The van der Waals surface area contributed by atoms with E-state index in [-0.39, 0.29) is 25.1 Å². The van der Waals surface area contributed by atoms with Crippen LogP contribution in [-0.4, -0.2) is 88.7 Å². The highest BCUT2D eigenvalue weighted by Crippen LogP contribution is 2.33. The fourth-order valence-electron chi connectivity index (χ4n) is 4.98. The van der Waals surface area contributed by atoms with E-state index in [4.69, 9.17) is 4.74 Å². The second-order valence-electron chi connectivity index (χ2n) is 10.4. The Hall–Kier alpha value is -2.49. The number of rotatable bonds is 8. The van der Waals surface area contributed by atoms with Gasteiger partial charge < -0.3 is 25.0 Å². The van der Waals surface area contributed by atoms with Gasteiger partial charge in [0.2, 0.25) is 0 Å². The third kappa shape index (κ3) is 7.51. The van der Waals surface area contributed by atoms with Crippen LogP contribution in [0.3, 0.4) is 0 Å². The number of amides is 2. The number of alkyl carbamates (subject to hydrolysis) is 1. The van der Waals surface area contributed by atoms with Gasteiger partial charge in [0.15, 0.2) is 0 Å². The number of allylic oxidation sites excluding steroid dienone is 1. The Bertz CT molecular complexity index is 934. The van der Waals surface area contributed by atoms with Gasteiger partial charge in [-0.15, -0.1) is 0 Å². The van der Waals surface area contributed by atoms with Crippen LogP contribution in [0.15, 0.2) is 23.3 Å². The monoisotopic (exact) mass is 508 g/mol. The normalized spacial score (nSPS) is 23.6. The number of hydrogen-bond acceptors (Lipinski definition) is 7. The molecule has 3 N–H and O–H groups in total. The van der Waals surface area contributed by atoms with Gasteiger partial charge in [-0.1, -0.05) is 11.6 Å². The van der Waals surface area contributed by atoms with Crippen molar-refractivity contribution in [2.24, 2.45) is 0 Å². The minimum atomic E-state index is -2.79. The molecule has 0 unspecified atom stereocenters. The fourth-order valence-corrected chi connectivity index (χ4v) is 4.98. The number of hydrogen-bond donors (Lipinski definition) is 3. The minimum Gasteiger partial charge on any atom is -0.444 e. The van der Waals surface area contributed by atoms with E-state index in [0.29, 0.717) is 25.8 Å². The lowest BCUT2D eigenvalue weighted by molar-refractivity contribution is -0.129. The summed E-state index contributed by atoms with van der Waals surface area (Å²) in [5.74, 6) is -4.24. The van der Waals surface area contributed by atoms with Crippen molar-refractivity contribution in [2.75, 3.05) is 26.2 Å². The van der Waals surface area contributed by atoms with Crippen molar-refractivity contribution in [2.45, 2.75) is 82.3 Å². The van der Waals surface area contributed by atoms with Gasteiger partial charge in [-0.05, 0) is 58.4 Å². The maximum Gasteiger partial charge on any atom is 0.475 e. The van der Waals surface area contributed by atoms with Crippen LogP contribution >= 0.6 is 0 Å². The van der Waals surface area contributed by atoms with E-state index >= 15 is 0 Å². The van der Waals surface area contributed by atoms with Crippen molar-refractivity contribution in [1.82, 2.24) is 15.1 Å². The van der Waals surface area contributed by atoms with E-state index in [1.165, 1.54) is 11.0 Å². The molecule has 2 saturated heterocycles. The Morgan fingerprint density at radius 3 is 2.72 bits per heavy atom. The van der Waals surface area contributed by atoms with Gasteiger partial charge in [-0.25, -0.2) is 13.6 Å². The SMILES string of the molecule is CC(C)(C=C(C#N)C(=O)N1CCC[C@H](OC(=O)N[C@@H](CC2=CCCC2)B(O)O)C1)N1CCC(F)(F)C1. The predicted octanol–water partition coefficient (Wildman–Crippen LogP) is 2.15. The summed E-state index contributed by atoms with van der Waals surface area (Å²) in [5, 5.41) is 31.4. The zero-order chi connectivity index (χ0) is 26.5. The summed E-state index contributed by atoms with van der Waals surface area (Å²) in [6, 6.07) is 1.90. The average molecular weight is 508 g/mol. The second-order valence-corrected chi connectivity index (χ2v) is 10.4. The summed E-state index contributed by atoms with van der Waals surface area (Å²) < 4.78 is 32.8. The van der Waals surface area contributed by atoms with Gasteiger partial charge in [-0.3, -0.25) is 9.69 Å². The summed E-state index contributed by atoms with van der Waals surface area (Å²) in [6.07, 6.45) is 5.91. The maximum absolute atomic E-state index is 13.7. The third-order valence-electron chi connectivity index (χ3n) is 7.05. The molecular formula is C24H35BF2N4O5. The molecule has 12 heteroatoms. The molecule has 3 rings (SSSR count). The topological polar surface area (TPSA) is 126 Å². The van der Waals surface area contributed by atoms with Gasteiger partial charge >= 0.3 is 13.2 Å². The van der Waals surface area contributed by atoms with Gasteiger partial charge in [-0.2, -0.15) is 5.26 Å². The molecule has 0 aromatic rings. The van der Waals surface area contributed by atoms with Crippen LogP contribution in [0.5, 0.6) is 0 Å². The molecule has 1 aliphatic carbocycles. The number of halogens is 2. The Kier molecular flexibility index (Phi) is 9.14. The highest BCUT2D eigenvalue weighted by atomic mass is 19.3. The summed E-state index contributed by atoms with van der Waals surface area (Å²) >= 11 is 0. The van der Waals surface area contributed by atoms with Crippen LogP contribution in [0.25, 0.3) is 0 Å².